The van der Waals surface area contributed by atoms with Gasteiger partial charge in [-0.15, -0.1) is 11.3 Å². The van der Waals surface area contributed by atoms with Crippen molar-refractivity contribution in [3.8, 4) is 0 Å². The molecule has 2 amide bonds. The minimum absolute atomic E-state index is 0.0265. The maximum absolute atomic E-state index is 12.7. The van der Waals surface area contributed by atoms with E-state index in [1.54, 1.807) is 35.6 Å². The van der Waals surface area contributed by atoms with Crippen molar-refractivity contribution >= 4 is 46.3 Å². The third-order valence-corrected chi connectivity index (χ3v) is 7.94. The van der Waals surface area contributed by atoms with Crippen molar-refractivity contribution in [2.75, 3.05) is 18.4 Å². The summed E-state index contributed by atoms with van der Waals surface area (Å²) < 4.78 is 0.770. The number of pyridine rings is 1. The molecule has 1 saturated carbocycles. The highest BCUT2D eigenvalue weighted by atomic mass is 35.5. The molecule has 1 aromatic carbocycles. The number of benzene rings is 1. The Balaban J connectivity index is 1.25. The number of hydrogen-bond acceptors (Lipinski definition) is 4. The summed E-state index contributed by atoms with van der Waals surface area (Å²) in [7, 11) is 0. The largest absolute Gasteiger partial charge is 0.334 e. The molecule has 33 heavy (non-hydrogen) atoms. The minimum atomic E-state index is -0.205. The van der Waals surface area contributed by atoms with E-state index in [4.69, 9.17) is 23.2 Å². The van der Waals surface area contributed by atoms with Crippen LogP contribution in [0.25, 0.3) is 0 Å². The molecule has 3 aromatic rings. The van der Waals surface area contributed by atoms with Crippen LogP contribution >= 0.6 is 34.5 Å². The highest BCUT2D eigenvalue weighted by Crippen LogP contribution is 2.39. The van der Waals surface area contributed by atoms with E-state index in [-0.39, 0.29) is 18.0 Å². The number of piperidine rings is 1. The van der Waals surface area contributed by atoms with Crippen LogP contribution in [0.15, 0.2) is 54.7 Å². The monoisotopic (exact) mass is 500 g/mol. The maximum Gasteiger partial charge on any atom is 0.319 e. The van der Waals surface area contributed by atoms with Crippen molar-refractivity contribution in [2.45, 2.75) is 43.7 Å². The first-order valence-electron chi connectivity index (χ1n) is 11.3. The summed E-state index contributed by atoms with van der Waals surface area (Å²) in [5, 5.41) is 6.74. The van der Waals surface area contributed by atoms with E-state index in [2.05, 4.69) is 38.7 Å². The molecule has 3 heterocycles. The molecule has 2 aromatic heterocycles. The summed E-state index contributed by atoms with van der Waals surface area (Å²) in [6, 6.07) is 15.3. The number of urea groups is 1. The zero-order valence-electron chi connectivity index (χ0n) is 18.1. The lowest BCUT2D eigenvalue weighted by Gasteiger charge is -2.38. The van der Waals surface area contributed by atoms with Crippen LogP contribution in [0.3, 0.4) is 0 Å². The average molecular weight is 501 g/mol. The molecule has 2 N–H and O–H groups in total. The van der Waals surface area contributed by atoms with Crippen molar-refractivity contribution in [1.82, 2.24) is 15.2 Å². The molecular weight excluding hydrogens is 475 g/mol. The molecule has 1 saturated heterocycles. The molecule has 1 aliphatic carbocycles. The van der Waals surface area contributed by atoms with Gasteiger partial charge in [-0.05, 0) is 67.3 Å². The smallest absolute Gasteiger partial charge is 0.319 e. The number of nitrogens with one attached hydrogen (secondary N) is 2. The molecule has 1 aliphatic heterocycles. The molecule has 0 radical (unpaired) electrons. The van der Waals surface area contributed by atoms with Gasteiger partial charge in [0.15, 0.2) is 0 Å². The van der Waals surface area contributed by atoms with Gasteiger partial charge >= 0.3 is 6.03 Å². The molecule has 172 valence electrons. The number of halogens is 2. The molecule has 2 aliphatic rings. The molecule has 0 bridgehead atoms. The fourth-order valence-electron chi connectivity index (χ4n) is 4.43. The first kappa shape index (κ1) is 22.7. The lowest BCUT2D eigenvalue weighted by Crippen LogP contribution is -2.50. The Labute approximate surface area is 208 Å². The van der Waals surface area contributed by atoms with Crippen LogP contribution < -0.4 is 10.6 Å². The van der Waals surface area contributed by atoms with Crippen molar-refractivity contribution < 1.29 is 4.79 Å². The van der Waals surface area contributed by atoms with Crippen LogP contribution in [0.5, 0.6) is 0 Å². The third kappa shape index (κ3) is 5.87. The van der Waals surface area contributed by atoms with Crippen LogP contribution in [-0.2, 0) is 6.54 Å². The number of amides is 2. The summed E-state index contributed by atoms with van der Waals surface area (Å²) in [4.78, 5) is 21.0. The second-order valence-electron chi connectivity index (χ2n) is 8.85. The van der Waals surface area contributed by atoms with E-state index in [0.29, 0.717) is 16.6 Å². The SMILES string of the molecule is O=C(Nc1ccc(Cl)cc1)N[C@@H]1CCN(Cc2ccc(C3CC3)nc2)C[C@H]1c1ccc(Cl)s1. The quantitative estimate of drug-likeness (QED) is 0.405. The van der Waals surface area contributed by atoms with Gasteiger partial charge in [-0.1, -0.05) is 29.3 Å². The number of nitrogens with zero attached hydrogens (tertiary/aromatic N) is 2. The standard InChI is InChI=1S/C25H26Cl2N4OS/c26-18-4-6-19(7-5-18)29-25(32)30-22-11-12-31(15-20(22)23-9-10-24(27)33-23)14-16-1-8-21(28-13-16)17-2-3-17/h1,4-10,13,17,20,22H,2-3,11-12,14-15H2,(H2,29,30,32)/t20-,22-/m1/s1. The van der Waals surface area contributed by atoms with Crippen LogP contribution in [0, 0.1) is 0 Å². The van der Waals surface area contributed by atoms with Crippen molar-refractivity contribution in [1.29, 1.82) is 0 Å². The van der Waals surface area contributed by atoms with Crippen molar-refractivity contribution in [3.05, 3.63) is 80.2 Å². The number of carbonyl (C=O) groups is 1. The van der Waals surface area contributed by atoms with Gasteiger partial charge in [0.2, 0.25) is 0 Å². The Morgan fingerprint density at radius 3 is 2.55 bits per heavy atom. The van der Waals surface area contributed by atoms with E-state index < -0.39 is 0 Å². The predicted octanol–water partition coefficient (Wildman–Crippen LogP) is 6.51. The normalized spacial score (nSPS) is 21.0. The Hall–Kier alpha value is -2.12. The van der Waals surface area contributed by atoms with Gasteiger partial charge < -0.3 is 10.6 Å². The summed E-state index contributed by atoms with van der Waals surface area (Å²) >= 11 is 13.8. The second kappa shape index (κ2) is 10.0. The Bertz CT molecular complexity index is 1100. The highest BCUT2D eigenvalue weighted by Gasteiger charge is 2.33. The fourth-order valence-corrected chi connectivity index (χ4v) is 5.77. The van der Waals surface area contributed by atoms with Gasteiger partial charge in [0.1, 0.15) is 0 Å². The lowest BCUT2D eigenvalue weighted by molar-refractivity contribution is 0.170. The van der Waals surface area contributed by atoms with Gasteiger partial charge in [0, 0.05) is 65.0 Å². The third-order valence-electron chi connectivity index (χ3n) is 6.32. The van der Waals surface area contributed by atoms with Gasteiger partial charge in [0.05, 0.1) is 4.34 Å². The highest BCUT2D eigenvalue weighted by molar-refractivity contribution is 7.16. The molecule has 2 atom stereocenters. The molecule has 5 rings (SSSR count). The summed E-state index contributed by atoms with van der Waals surface area (Å²) in [5.74, 6) is 0.846. The van der Waals surface area contributed by atoms with Gasteiger partial charge in [0.25, 0.3) is 0 Å². The molecule has 0 spiro atoms. The van der Waals surface area contributed by atoms with Crippen molar-refractivity contribution in [3.63, 3.8) is 0 Å². The molecule has 5 nitrogen and oxygen atoms in total. The molecular formula is C25H26Cl2N4OS. The maximum atomic E-state index is 12.7. The predicted molar refractivity (Wildman–Crippen MR) is 136 cm³/mol. The number of likely N-dealkylation sites (tertiary alicyclic amines) is 1. The Morgan fingerprint density at radius 2 is 1.88 bits per heavy atom. The lowest BCUT2D eigenvalue weighted by atomic mass is 9.90. The number of carbonyl (C=O) groups excluding carboxylic acids is 1. The van der Waals surface area contributed by atoms with Crippen LogP contribution in [0.2, 0.25) is 9.36 Å². The number of aromatic nitrogens is 1. The zero-order valence-corrected chi connectivity index (χ0v) is 20.5. The number of hydrogen-bond donors (Lipinski definition) is 2. The topological polar surface area (TPSA) is 57.3 Å². The molecule has 8 heteroatoms. The number of thiophene rings is 1. The average Bonchev–Trinajstić information content (AvgIpc) is 3.57. The van der Waals surface area contributed by atoms with E-state index >= 15 is 0 Å². The van der Waals surface area contributed by atoms with Gasteiger partial charge in [-0.3, -0.25) is 9.88 Å². The molecule has 2 fully saturated rings. The number of anilines is 1. The Kier molecular flexibility index (Phi) is 6.88. The minimum Gasteiger partial charge on any atom is -0.334 e. The summed E-state index contributed by atoms with van der Waals surface area (Å²) in [6.07, 6.45) is 5.42. The first-order valence-corrected chi connectivity index (χ1v) is 12.9. The van der Waals surface area contributed by atoms with Gasteiger partial charge in [-0.2, -0.15) is 0 Å². The summed E-state index contributed by atoms with van der Waals surface area (Å²) in [6.45, 7) is 2.62. The second-order valence-corrected chi connectivity index (χ2v) is 11.0. The van der Waals surface area contributed by atoms with E-state index in [0.717, 1.165) is 30.4 Å². The fraction of sp³-hybridized carbons (Fsp3) is 0.360. The molecule has 0 unspecified atom stereocenters. The van der Waals surface area contributed by atoms with Crippen LogP contribution in [0.4, 0.5) is 10.5 Å². The van der Waals surface area contributed by atoms with Gasteiger partial charge in [-0.25, -0.2) is 4.79 Å². The first-order chi connectivity index (χ1) is 16.0. The van der Waals surface area contributed by atoms with E-state index in [9.17, 15) is 4.79 Å². The van der Waals surface area contributed by atoms with Crippen LogP contribution in [0.1, 0.15) is 47.2 Å². The zero-order chi connectivity index (χ0) is 22.8. The van der Waals surface area contributed by atoms with Crippen molar-refractivity contribution in [2.24, 2.45) is 0 Å². The summed E-state index contributed by atoms with van der Waals surface area (Å²) in [5.41, 5.74) is 3.17. The van der Waals surface area contributed by atoms with E-state index in [1.165, 1.54) is 29.0 Å². The number of rotatable bonds is 6. The Morgan fingerprint density at radius 1 is 1.06 bits per heavy atom. The van der Waals surface area contributed by atoms with E-state index in [1.807, 2.05) is 12.3 Å². The van der Waals surface area contributed by atoms with Crippen LogP contribution in [-0.4, -0.2) is 35.0 Å².